The van der Waals surface area contributed by atoms with Gasteiger partial charge in [-0.25, -0.2) is 4.98 Å². The summed E-state index contributed by atoms with van der Waals surface area (Å²) < 4.78 is 0.774. The molecule has 10 heteroatoms. The fraction of sp³-hybridized carbons (Fsp3) is 0.333. The maximum absolute atomic E-state index is 12.1. The third-order valence-corrected chi connectivity index (χ3v) is 6.39. The van der Waals surface area contributed by atoms with Gasteiger partial charge in [-0.05, 0) is 5.56 Å². The molecule has 2 aromatic heterocycles. The quantitative estimate of drug-likeness (QED) is 0.588. The third-order valence-electron chi connectivity index (χ3n) is 4.47. The van der Waals surface area contributed by atoms with Crippen molar-refractivity contribution in [1.82, 2.24) is 25.1 Å². The highest BCUT2D eigenvalue weighted by Gasteiger charge is 2.19. The molecule has 3 N–H and O–H groups in total. The van der Waals surface area contributed by atoms with E-state index in [0.717, 1.165) is 42.8 Å². The molecule has 0 radical (unpaired) electrons. The minimum absolute atomic E-state index is 0.135. The fourth-order valence-corrected chi connectivity index (χ4v) is 4.62. The van der Waals surface area contributed by atoms with E-state index in [1.165, 1.54) is 34.7 Å². The second-order valence-electron chi connectivity index (χ2n) is 6.50. The van der Waals surface area contributed by atoms with Crippen LogP contribution >= 0.6 is 23.1 Å². The molecule has 146 valence electrons. The zero-order chi connectivity index (χ0) is 19.3. The van der Waals surface area contributed by atoms with Crippen LogP contribution in [0.2, 0.25) is 0 Å². The van der Waals surface area contributed by atoms with Crippen LogP contribution in [0, 0.1) is 0 Å². The zero-order valence-electron chi connectivity index (χ0n) is 15.2. The van der Waals surface area contributed by atoms with Gasteiger partial charge in [0.1, 0.15) is 0 Å². The normalized spacial score (nSPS) is 15.1. The number of thioether (sulfide) groups is 1. The average Bonchev–Trinajstić information content (AvgIpc) is 3.13. The molecule has 1 fully saturated rings. The maximum atomic E-state index is 12.1. The Balaban J connectivity index is 1.36. The Morgan fingerprint density at radius 3 is 2.64 bits per heavy atom. The van der Waals surface area contributed by atoms with Crippen LogP contribution in [0.5, 0.6) is 0 Å². The van der Waals surface area contributed by atoms with E-state index < -0.39 is 0 Å². The van der Waals surface area contributed by atoms with Crippen LogP contribution in [0.25, 0.3) is 0 Å². The molecule has 8 nitrogen and oxygen atoms in total. The Morgan fingerprint density at radius 1 is 1.14 bits per heavy atom. The van der Waals surface area contributed by atoms with Gasteiger partial charge in [0.2, 0.25) is 11.1 Å². The van der Waals surface area contributed by atoms with E-state index in [2.05, 4.69) is 54.2 Å². The van der Waals surface area contributed by atoms with Crippen LogP contribution in [0.15, 0.2) is 45.5 Å². The average molecular weight is 416 g/mol. The molecule has 1 aliphatic rings. The summed E-state index contributed by atoms with van der Waals surface area (Å²) in [5.41, 5.74) is 7.51. The number of anilines is 2. The molecule has 0 bridgehead atoms. The Morgan fingerprint density at radius 2 is 1.93 bits per heavy atom. The van der Waals surface area contributed by atoms with Gasteiger partial charge >= 0.3 is 0 Å². The molecule has 0 spiro atoms. The maximum Gasteiger partial charge on any atom is 0.252 e. The number of nitrogen functional groups attached to an aromatic ring is 1. The zero-order valence-corrected chi connectivity index (χ0v) is 16.9. The van der Waals surface area contributed by atoms with Gasteiger partial charge in [0.15, 0.2) is 4.34 Å². The molecule has 0 atom stereocenters. The second kappa shape index (κ2) is 8.72. The number of benzene rings is 1. The van der Waals surface area contributed by atoms with Gasteiger partial charge in [0.25, 0.3) is 5.56 Å². The van der Waals surface area contributed by atoms with E-state index >= 15 is 0 Å². The molecule has 3 aromatic rings. The van der Waals surface area contributed by atoms with Crippen molar-refractivity contribution in [3.8, 4) is 0 Å². The first-order valence-electron chi connectivity index (χ1n) is 8.99. The Kier molecular flexibility index (Phi) is 5.89. The minimum Gasteiger partial charge on any atom is -0.374 e. The second-order valence-corrected chi connectivity index (χ2v) is 8.74. The smallest absolute Gasteiger partial charge is 0.252 e. The first kappa shape index (κ1) is 18.9. The van der Waals surface area contributed by atoms with Crippen molar-refractivity contribution in [2.24, 2.45) is 0 Å². The lowest BCUT2D eigenvalue weighted by Gasteiger charge is -2.35. The topological polar surface area (TPSA) is 104 Å². The first-order chi connectivity index (χ1) is 13.7. The van der Waals surface area contributed by atoms with Crippen LogP contribution in [-0.4, -0.2) is 51.2 Å². The summed E-state index contributed by atoms with van der Waals surface area (Å²) in [7, 11) is 0. The molecule has 0 amide bonds. The Hall–Kier alpha value is -2.43. The molecule has 0 unspecified atom stereocenters. The number of nitrogens with zero attached hydrogens (tertiary/aromatic N) is 5. The lowest BCUT2D eigenvalue weighted by atomic mass is 10.2. The monoisotopic (exact) mass is 415 g/mol. The predicted molar refractivity (Wildman–Crippen MR) is 113 cm³/mol. The molecular formula is C18H21N7OS2. The Labute approximate surface area is 170 Å². The standard InChI is InChI=1S/C18H21N7OS2/c19-16-22-23-18(28-16)27-12-14-10-15(26)21-17(20-14)25-8-6-24(7-9-25)11-13-4-2-1-3-5-13/h1-5,10H,6-9,11-12H2,(H2,19,22)(H,20,21,26). The fourth-order valence-electron chi connectivity index (χ4n) is 3.09. The lowest BCUT2D eigenvalue weighted by Crippen LogP contribution is -2.47. The van der Waals surface area contributed by atoms with E-state index in [9.17, 15) is 4.79 Å². The number of hydrogen-bond donors (Lipinski definition) is 2. The SMILES string of the molecule is Nc1nnc(SCc2cc(=O)[nH]c(N3CCN(Cc4ccccc4)CC3)n2)s1. The molecule has 1 saturated heterocycles. The summed E-state index contributed by atoms with van der Waals surface area (Å²) in [6, 6.07) is 12.0. The van der Waals surface area contributed by atoms with Crippen molar-refractivity contribution in [3.05, 3.63) is 58.0 Å². The number of aromatic nitrogens is 4. The van der Waals surface area contributed by atoms with Gasteiger partial charge in [-0.2, -0.15) is 0 Å². The van der Waals surface area contributed by atoms with Gasteiger partial charge in [-0.1, -0.05) is 53.4 Å². The van der Waals surface area contributed by atoms with Crippen molar-refractivity contribution in [2.45, 2.75) is 16.6 Å². The van der Waals surface area contributed by atoms with Crippen molar-refractivity contribution < 1.29 is 0 Å². The largest absolute Gasteiger partial charge is 0.374 e. The number of rotatable bonds is 6. The van der Waals surface area contributed by atoms with E-state index in [1.807, 2.05) is 6.07 Å². The van der Waals surface area contributed by atoms with Gasteiger partial charge in [-0.15, -0.1) is 10.2 Å². The van der Waals surface area contributed by atoms with Crippen LogP contribution < -0.4 is 16.2 Å². The van der Waals surface area contributed by atoms with Crippen molar-refractivity contribution in [2.75, 3.05) is 36.8 Å². The number of nitrogens with one attached hydrogen (secondary N) is 1. The summed E-state index contributed by atoms with van der Waals surface area (Å²) in [6.45, 7) is 4.47. The van der Waals surface area contributed by atoms with Crippen molar-refractivity contribution in [1.29, 1.82) is 0 Å². The minimum atomic E-state index is -0.135. The van der Waals surface area contributed by atoms with Gasteiger partial charge in [0, 0.05) is 44.5 Å². The van der Waals surface area contributed by atoms with E-state index in [-0.39, 0.29) is 5.56 Å². The molecule has 0 saturated carbocycles. The van der Waals surface area contributed by atoms with Crippen LogP contribution in [0.4, 0.5) is 11.1 Å². The molecular weight excluding hydrogens is 394 g/mol. The molecule has 1 aromatic carbocycles. The van der Waals surface area contributed by atoms with Gasteiger partial charge in [-0.3, -0.25) is 14.7 Å². The van der Waals surface area contributed by atoms with Gasteiger partial charge < -0.3 is 10.6 Å². The molecule has 28 heavy (non-hydrogen) atoms. The molecule has 0 aliphatic carbocycles. The van der Waals surface area contributed by atoms with E-state index in [1.54, 1.807) is 0 Å². The first-order valence-corrected chi connectivity index (χ1v) is 10.8. The number of nitrogens with two attached hydrogens (primary N) is 1. The predicted octanol–water partition coefficient (Wildman–Crippen LogP) is 1.82. The number of piperazine rings is 1. The Bertz CT molecular complexity index is 967. The summed E-state index contributed by atoms with van der Waals surface area (Å²) in [4.78, 5) is 24.2. The van der Waals surface area contributed by atoms with Crippen LogP contribution in [0.3, 0.4) is 0 Å². The number of H-pyrrole nitrogens is 1. The highest BCUT2D eigenvalue weighted by molar-refractivity contribution is 8.00. The molecule has 1 aliphatic heterocycles. The van der Waals surface area contributed by atoms with E-state index in [0.29, 0.717) is 16.8 Å². The van der Waals surface area contributed by atoms with Gasteiger partial charge in [0.05, 0.1) is 5.69 Å². The molecule has 3 heterocycles. The lowest BCUT2D eigenvalue weighted by molar-refractivity contribution is 0.248. The summed E-state index contributed by atoms with van der Waals surface area (Å²) in [6.07, 6.45) is 0. The summed E-state index contributed by atoms with van der Waals surface area (Å²) >= 11 is 2.82. The van der Waals surface area contributed by atoms with Crippen molar-refractivity contribution >= 4 is 34.2 Å². The third kappa shape index (κ3) is 4.89. The van der Waals surface area contributed by atoms with E-state index in [4.69, 9.17) is 5.73 Å². The number of aromatic amines is 1. The number of hydrogen-bond acceptors (Lipinski definition) is 9. The summed E-state index contributed by atoms with van der Waals surface area (Å²) in [5.74, 6) is 1.19. The van der Waals surface area contributed by atoms with Crippen LogP contribution in [-0.2, 0) is 12.3 Å². The highest BCUT2D eigenvalue weighted by atomic mass is 32.2. The highest BCUT2D eigenvalue weighted by Crippen LogP contribution is 2.26. The van der Waals surface area contributed by atoms with Crippen molar-refractivity contribution in [3.63, 3.8) is 0 Å². The summed E-state index contributed by atoms with van der Waals surface area (Å²) in [5, 5.41) is 8.22. The molecule has 4 rings (SSSR count). The van der Waals surface area contributed by atoms with Crippen LogP contribution in [0.1, 0.15) is 11.3 Å².